The van der Waals surface area contributed by atoms with Crippen LogP contribution in [0.1, 0.15) is 23.3 Å². The summed E-state index contributed by atoms with van der Waals surface area (Å²) < 4.78 is 19.3. The first-order valence-corrected chi connectivity index (χ1v) is 6.98. The van der Waals surface area contributed by atoms with E-state index >= 15 is 0 Å². The average molecular weight is 292 g/mol. The molecule has 3 rings (SSSR count). The summed E-state index contributed by atoms with van der Waals surface area (Å²) in [6.07, 6.45) is -0.120. The first-order valence-electron chi connectivity index (χ1n) is 6.60. The zero-order valence-electron chi connectivity index (χ0n) is 10.9. The van der Waals surface area contributed by atoms with Crippen LogP contribution in [0.4, 0.5) is 4.39 Å². The maximum atomic E-state index is 13.2. The van der Waals surface area contributed by atoms with Gasteiger partial charge >= 0.3 is 0 Å². The van der Waals surface area contributed by atoms with Gasteiger partial charge in [-0.2, -0.15) is 0 Å². The van der Waals surface area contributed by atoms with Gasteiger partial charge in [0.25, 0.3) is 0 Å². The highest BCUT2D eigenvalue weighted by atomic mass is 35.5. The molecule has 1 aliphatic heterocycles. The van der Waals surface area contributed by atoms with Crippen LogP contribution in [-0.4, -0.2) is 13.1 Å². The molecule has 0 amide bonds. The molecule has 1 fully saturated rings. The molecule has 0 aromatic heterocycles. The summed E-state index contributed by atoms with van der Waals surface area (Å²) in [4.78, 5) is 0. The molecule has 0 bridgehead atoms. The topological polar surface area (TPSA) is 21.3 Å². The van der Waals surface area contributed by atoms with Gasteiger partial charge < -0.3 is 10.1 Å². The van der Waals surface area contributed by atoms with Crippen LogP contribution >= 0.6 is 11.6 Å². The Kier molecular flexibility index (Phi) is 4.01. The highest BCUT2D eigenvalue weighted by Crippen LogP contribution is 2.30. The Morgan fingerprint density at radius 2 is 1.70 bits per heavy atom. The van der Waals surface area contributed by atoms with E-state index in [0.29, 0.717) is 6.54 Å². The Balaban J connectivity index is 1.79. The summed E-state index contributed by atoms with van der Waals surface area (Å²) in [7, 11) is 0. The number of nitrogens with one attached hydrogen (secondary N) is 1. The standard InChI is InChI=1S/C16H15ClFNO/c17-13-8-12(6-7-14(13)18)16-10-19-9-15(20-16)11-4-2-1-3-5-11/h1-8,15-16,19H,9-10H2. The number of halogens is 2. The van der Waals surface area contributed by atoms with Crippen LogP contribution in [0.15, 0.2) is 48.5 Å². The largest absolute Gasteiger partial charge is 0.363 e. The fraction of sp³-hybridized carbons (Fsp3) is 0.250. The molecule has 0 aliphatic carbocycles. The molecule has 1 saturated heterocycles. The molecule has 20 heavy (non-hydrogen) atoms. The predicted octanol–water partition coefficient (Wildman–Crippen LogP) is 3.88. The van der Waals surface area contributed by atoms with Crippen LogP contribution in [0.25, 0.3) is 0 Å². The number of rotatable bonds is 2. The number of hydrogen-bond acceptors (Lipinski definition) is 2. The first-order chi connectivity index (χ1) is 9.74. The van der Waals surface area contributed by atoms with E-state index in [-0.39, 0.29) is 17.2 Å². The highest BCUT2D eigenvalue weighted by Gasteiger charge is 2.24. The van der Waals surface area contributed by atoms with Gasteiger partial charge in [0.05, 0.1) is 17.2 Å². The second-order valence-corrected chi connectivity index (χ2v) is 5.26. The summed E-state index contributed by atoms with van der Waals surface area (Å²) in [5.74, 6) is -0.404. The molecule has 0 radical (unpaired) electrons. The molecule has 2 atom stereocenters. The van der Waals surface area contributed by atoms with Gasteiger partial charge in [0.15, 0.2) is 0 Å². The SMILES string of the molecule is Fc1ccc(C2CNCC(c3ccccc3)O2)cc1Cl. The fourth-order valence-corrected chi connectivity index (χ4v) is 2.60. The summed E-state index contributed by atoms with van der Waals surface area (Å²) in [6, 6.07) is 14.8. The van der Waals surface area contributed by atoms with Crippen LogP contribution in [0.5, 0.6) is 0 Å². The second kappa shape index (κ2) is 5.92. The Bertz CT molecular complexity index is 590. The van der Waals surface area contributed by atoms with E-state index in [1.807, 2.05) is 30.3 Å². The zero-order chi connectivity index (χ0) is 13.9. The van der Waals surface area contributed by atoms with Crippen molar-refractivity contribution in [2.45, 2.75) is 12.2 Å². The normalized spacial score (nSPS) is 22.7. The molecule has 1 N–H and O–H groups in total. The van der Waals surface area contributed by atoms with Crippen molar-refractivity contribution in [1.82, 2.24) is 5.32 Å². The minimum Gasteiger partial charge on any atom is -0.363 e. The van der Waals surface area contributed by atoms with Gasteiger partial charge in [0.2, 0.25) is 0 Å². The van der Waals surface area contributed by atoms with Crippen molar-refractivity contribution in [3.63, 3.8) is 0 Å². The number of benzene rings is 2. The van der Waals surface area contributed by atoms with Crippen molar-refractivity contribution >= 4 is 11.6 Å². The zero-order valence-corrected chi connectivity index (χ0v) is 11.6. The molecule has 4 heteroatoms. The molecule has 2 aromatic carbocycles. The van der Waals surface area contributed by atoms with Crippen molar-refractivity contribution in [2.75, 3.05) is 13.1 Å². The maximum Gasteiger partial charge on any atom is 0.141 e. The van der Waals surface area contributed by atoms with Crippen LogP contribution < -0.4 is 5.32 Å². The lowest BCUT2D eigenvalue weighted by Crippen LogP contribution is -2.35. The van der Waals surface area contributed by atoms with Gasteiger partial charge in [-0.25, -0.2) is 4.39 Å². The summed E-state index contributed by atoms with van der Waals surface area (Å²) in [5.41, 5.74) is 2.03. The van der Waals surface area contributed by atoms with E-state index in [0.717, 1.165) is 17.7 Å². The minimum atomic E-state index is -0.404. The third kappa shape index (κ3) is 2.85. The summed E-state index contributed by atoms with van der Waals surface area (Å²) in [5, 5.41) is 3.49. The van der Waals surface area contributed by atoms with E-state index in [2.05, 4.69) is 5.32 Å². The van der Waals surface area contributed by atoms with E-state index < -0.39 is 5.82 Å². The molecular weight excluding hydrogens is 277 g/mol. The van der Waals surface area contributed by atoms with E-state index in [1.54, 1.807) is 12.1 Å². The van der Waals surface area contributed by atoms with Crippen molar-refractivity contribution in [3.8, 4) is 0 Å². The van der Waals surface area contributed by atoms with Crippen molar-refractivity contribution in [2.24, 2.45) is 0 Å². The lowest BCUT2D eigenvalue weighted by molar-refractivity contribution is -0.0406. The van der Waals surface area contributed by atoms with Gasteiger partial charge in [-0.15, -0.1) is 0 Å². The van der Waals surface area contributed by atoms with Crippen molar-refractivity contribution < 1.29 is 9.13 Å². The molecule has 1 heterocycles. The molecule has 2 nitrogen and oxygen atoms in total. The van der Waals surface area contributed by atoms with Gasteiger partial charge in [0, 0.05) is 13.1 Å². The quantitative estimate of drug-likeness (QED) is 0.906. The maximum absolute atomic E-state index is 13.2. The molecule has 0 spiro atoms. The summed E-state index contributed by atoms with van der Waals surface area (Å²) in [6.45, 7) is 1.47. The lowest BCUT2D eigenvalue weighted by Gasteiger charge is -2.31. The minimum absolute atomic E-state index is 0.00113. The number of hydrogen-bond donors (Lipinski definition) is 1. The van der Waals surface area contributed by atoms with Crippen molar-refractivity contribution in [3.05, 3.63) is 70.5 Å². The van der Waals surface area contributed by atoms with E-state index in [1.165, 1.54) is 6.07 Å². The molecule has 2 unspecified atom stereocenters. The first kappa shape index (κ1) is 13.6. The van der Waals surface area contributed by atoms with Crippen LogP contribution in [-0.2, 0) is 4.74 Å². The third-order valence-corrected chi connectivity index (χ3v) is 3.76. The number of ether oxygens (including phenoxy) is 1. The average Bonchev–Trinajstić information content (AvgIpc) is 2.51. The Hall–Kier alpha value is -1.42. The van der Waals surface area contributed by atoms with E-state index in [9.17, 15) is 4.39 Å². The third-order valence-electron chi connectivity index (χ3n) is 3.47. The van der Waals surface area contributed by atoms with Crippen LogP contribution in [0, 0.1) is 5.82 Å². The number of morpholine rings is 1. The van der Waals surface area contributed by atoms with Gasteiger partial charge in [0.1, 0.15) is 5.82 Å². The highest BCUT2D eigenvalue weighted by molar-refractivity contribution is 6.30. The predicted molar refractivity (Wildman–Crippen MR) is 77.3 cm³/mol. The summed E-state index contributed by atoms with van der Waals surface area (Å²) >= 11 is 5.84. The van der Waals surface area contributed by atoms with Crippen molar-refractivity contribution in [1.29, 1.82) is 0 Å². The monoisotopic (exact) mass is 291 g/mol. The Morgan fingerprint density at radius 3 is 2.40 bits per heavy atom. The van der Waals surface area contributed by atoms with Gasteiger partial charge in [-0.05, 0) is 23.3 Å². The molecule has 0 saturated carbocycles. The van der Waals surface area contributed by atoms with Gasteiger partial charge in [-0.1, -0.05) is 48.0 Å². The molecular formula is C16H15ClFNO. The fourth-order valence-electron chi connectivity index (χ4n) is 2.41. The molecule has 104 valence electrons. The van der Waals surface area contributed by atoms with Crippen LogP contribution in [0.3, 0.4) is 0 Å². The molecule has 1 aliphatic rings. The van der Waals surface area contributed by atoms with Gasteiger partial charge in [-0.3, -0.25) is 0 Å². The Morgan fingerprint density at radius 1 is 1.00 bits per heavy atom. The van der Waals surface area contributed by atoms with Crippen LogP contribution in [0.2, 0.25) is 5.02 Å². The second-order valence-electron chi connectivity index (χ2n) is 4.86. The molecule has 2 aromatic rings. The van der Waals surface area contributed by atoms with E-state index in [4.69, 9.17) is 16.3 Å². The smallest absolute Gasteiger partial charge is 0.141 e. The lowest BCUT2D eigenvalue weighted by atomic mass is 10.0. The Labute approximate surface area is 122 Å².